The number of benzene rings is 2. The largest absolute Gasteiger partial charge is 0.496 e. The van der Waals surface area contributed by atoms with Gasteiger partial charge < -0.3 is 15.2 Å². The maximum atomic E-state index is 10.0. The van der Waals surface area contributed by atoms with Crippen LogP contribution < -0.4 is 15.2 Å². The number of pyridine rings is 1. The quantitative estimate of drug-likeness (QED) is 0.384. The smallest absolute Gasteiger partial charge is 0.244 e. The van der Waals surface area contributed by atoms with E-state index in [9.17, 15) is 5.26 Å². The van der Waals surface area contributed by atoms with Crippen LogP contribution in [-0.4, -0.2) is 22.3 Å². The van der Waals surface area contributed by atoms with Crippen molar-refractivity contribution in [3.8, 4) is 29.0 Å². The molecule has 0 amide bonds. The Morgan fingerprint density at radius 1 is 1.15 bits per heavy atom. The summed E-state index contributed by atoms with van der Waals surface area (Å²) in [6, 6.07) is 23.9. The van der Waals surface area contributed by atoms with E-state index in [1.54, 1.807) is 25.1 Å². The molecular weight excluding hydrogens is 446 g/mol. The Morgan fingerprint density at radius 2 is 1.97 bits per heavy atom. The number of allylic oxidation sites excluding steroid dienone is 1. The second-order valence-electron chi connectivity index (χ2n) is 7.64. The number of aromatic amines is 1. The van der Waals surface area contributed by atoms with Crippen molar-refractivity contribution in [2.75, 3.05) is 7.11 Å². The fourth-order valence-corrected chi connectivity index (χ4v) is 4.92. The summed E-state index contributed by atoms with van der Waals surface area (Å²) in [7, 11) is 1.65. The molecule has 0 spiro atoms. The van der Waals surface area contributed by atoms with Crippen LogP contribution in [-0.2, 0) is 5.75 Å². The average molecular weight is 468 g/mol. The minimum atomic E-state index is -0.438. The predicted molar refractivity (Wildman–Crippen MR) is 130 cm³/mol. The van der Waals surface area contributed by atoms with Crippen molar-refractivity contribution in [2.45, 2.75) is 16.7 Å². The summed E-state index contributed by atoms with van der Waals surface area (Å²) in [5.74, 6) is 1.42. The molecule has 0 saturated heterocycles. The van der Waals surface area contributed by atoms with Gasteiger partial charge in [-0.2, -0.15) is 5.26 Å². The number of aromatic nitrogens is 3. The molecule has 8 heteroatoms. The molecule has 1 unspecified atom stereocenters. The lowest BCUT2D eigenvalue weighted by atomic mass is 9.82. The molecule has 2 aromatic heterocycles. The van der Waals surface area contributed by atoms with E-state index in [4.69, 9.17) is 15.2 Å². The van der Waals surface area contributed by atoms with Gasteiger partial charge in [0.2, 0.25) is 11.8 Å². The average Bonchev–Trinajstić information content (AvgIpc) is 3.31. The van der Waals surface area contributed by atoms with Crippen molar-refractivity contribution in [3.05, 3.63) is 101 Å². The molecule has 1 atom stereocenters. The van der Waals surface area contributed by atoms with Crippen LogP contribution in [0.4, 0.5) is 0 Å². The lowest BCUT2D eigenvalue weighted by Gasteiger charge is -2.25. The third-order valence-electron chi connectivity index (χ3n) is 5.65. The Kier molecular flexibility index (Phi) is 5.93. The van der Waals surface area contributed by atoms with E-state index in [2.05, 4.69) is 27.3 Å². The first kappa shape index (κ1) is 21.6. The third kappa shape index (κ3) is 3.98. The zero-order valence-electron chi connectivity index (χ0n) is 18.4. The van der Waals surface area contributed by atoms with Crippen molar-refractivity contribution in [3.63, 3.8) is 0 Å². The van der Waals surface area contributed by atoms with Gasteiger partial charge in [-0.1, -0.05) is 48.5 Å². The van der Waals surface area contributed by atoms with E-state index in [1.165, 1.54) is 0 Å². The highest BCUT2D eigenvalue weighted by molar-refractivity contribution is 7.98. The predicted octanol–water partition coefficient (Wildman–Crippen LogP) is 4.99. The summed E-state index contributed by atoms with van der Waals surface area (Å²) in [6.45, 7) is 0. The maximum Gasteiger partial charge on any atom is 0.244 e. The summed E-state index contributed by atoms with van der Waals surface area (Å²) in [5, 5.41) is 18.4. The number of methoxy groups -OCH3 is 1. The van der Waals surface area contributed by atoms with Crippen LogP contribution in [0.25, 0.3) is 11.3 Å². The van der Waals surface area contributed by atoms with Gasteiger partial charge in [0.05, 0.1) is 29.3 Å². The van der Waals surface area contributed by atoms with E-state index in [0.29, 0.717) is 17.2 Å². The molecule has 3 N–H and O–H groups in total. The van der Waals surface area contributed by atoms with Crippen LogP contribution in [0.5, 0.6) is 11.6 Å². The van der Waals surface area contributed by atoms with E-state index in [-0.39, 0.29) is 5.88 Å². The molecule has 0 radical (unpaired) electrons. The van der Waals surface area contributed by atoms with Gasteiger partial charge in [-0.15, -0.1) is 16.9 Å². The molecule has 0 fully saturated rings. The van der Waals surface area contributed by atoms with Gasteiger partial charge in [-0.3, -0.25) is 5.10 Å². The number of nitrogens with one attached hydrogen (secondary N) is 1. The summed E-state index contributed by atoms with van der Waals surface area (Å²) in [6.07, 6.45) is 1.77. The standard InChI is InChI=1S/C26H21N5O2S/c1-32-20-11-10-17(13-18(20)15-34-21-9-5-6-12-29-21)22-19(14-27)25(28)33-26-23(22)24(30-31-26)16-7-3-2-4-8-16/h2-13,22H,15,28H2,1H3,(H,30,31). The fourth-order valence-electron chi connectivity index (χ4n) is 4.08. The van der Waals surface area contributed by atoms with Crippen LogP contribution in [0.3, 0.4) is 0 Å². The van der Waals surface area contributed by atoms with Crippen molar-refractivity contribution in [1.82, 2.24) is 15.2 Å². The summed E-state index contributed by atoms with van der Waals surface area (Å²) in [5.41, 5.74) is 10.9. The number of hydrogen-bond donors (Lipinski definition) is 2. The van der Waals surface area contributed by atoms with Crippen LogP contribution >= 0.6 is 11.8 Å². The molecule has 0 saturated carbocycles. The Bertz CT molecular complexity index is 1390. The molecule has 3 heterocycles. The number of nitriles is 1. The number of fused-ring (bicyclic) bond motifs is 1. The summed E-state index contributed by atoms with van der Waals surface area (Å²) >= 11 is 1.62. The first-order valence-corrected chi connectivity index (χ1v) is 11.6. The minimum Gasteiger partial charge on any atom is -0.496 e. The van der Waals surface area contributed by atoms with Crippen molar-refractivity contribution in [2.24, 2.45) is 5.73 Å². The van der Waals surface area contributed by atoms with Crippen LogP contribution in [0.1, 0.15) is 22.6 Å². The topological polar surface area (TPSA) is 110 Å². The highest BCUT2D eigenvalue weighted by Crippen LogP contribution is 2.46. The van der Waals surface area contributed by atoms with Gasteiger partial charge in [0.15, 0.2) is 0 Å². The minimum absolute atomic E-state index is 0.0614. The van der Waals surface area contributed by atoms with Crippen molar-refractivity contribution >= 4 is 11.8 Å². The van der Waals surface area contributed by atoms with Gasteiger partial charge in [-0.25, -0.2) is 4.98 Å². The number of nitrogens with two attached hydrogens (primary N) is 1. The molecule has 168 valence electrons. The molecule has 2 aromatic carbocycles. The van der Waals surface area contributed by atoms with Crippen molar-refractivity contribution in [1.29, 1.82) is 5.26 Å². The monoisotopic (exact) mass is 467 g/mol. The SMILES string of the molecule is COc1ccc(C2C(C#N)=C(N)Oc3n[nH]c(-c4ccccc4)c32)cc1CSc1ccccn1. The molecule has 0 aliphatic carbocycles. The lowest BCUT2D eigenvalue weighted by Crippen LogP contribution is -2.21. The fraction of sp³-hybridized carbons (Fsp3) is 0.115. The normalized spacial score (nSPS) is 14.8. The number of thioether (sulfide) groups is 1. The molecule has 4 aromatic rings. The van der Waals surface area contributed by atoms with E-state index < -0.39 is 5.92 Å². The summed E-state index contributed by atoms with van der Waals surface area (Å²) < 4.78 is 11.3. The summed E-state index contributed by atoms with van der Waals surface area (Å²) in [4.78, 5) is 4.39. The van der Waals surface area contributed by atoms with Crippen LogP contribution in [0, 0.1) is 11.3 Å². The molecule has 1 aliphatic rings. The van der Waals surface area contributed by atoms with E-state index >= 15 is 0 Å². The first-order chi connectivity index (χ1) is 16.7. The van der Waals surface area contributed by atoms with E-state index in [1.807, 2.05) is 60.7 Å². The van der Waals surface area contributed by atoms with Crippen molar-refractivity contribution < 1.29 is 9.47 Å². The van der Waals surface area contributed by atoms with Crippen LogP contribution in [0.2, 0.25) is 0 Å². The number of ether oxygens (including phenoxy) is 2. The Labute approximate surface area is 201 Å². The highest BCUT2D eigenvalue weighted by atomic mass is 32.2. The number of H-pyrrole nitrogens is 1. The second-order valence-corrected chi connectivity index (χ2v) is 8.63. The Balaban J connectivity index is 1.60. The van der Waals surface area contributed by atoms with Gasteiger partial charge in [0, 0.05) is 17.5 Å². The maximum absolute atomic E-state index is 10.0. The van der Waals surface area contributed by atoms with Crippen LogP contribution in [0.15, 0.2) is 89.4 Å². The van der Waals surface area contributed by atoms with Gasteiger partial charge in [0.1, 0.15) is 17.4 Å². The Morgan fingerprint density at radius 3 is 2.71 bits per heavy atom. The van der Waals surface area contributed by atoms with Gasteiger partial charge in [-0.05, 0) is 29.3 Å². The zero-order valence-corrected chi connectivity index (χ0v) is 19.2. The molecule has 5 rings (SSSR count). The molecule has 1 aliphatic heterocycles. The van der Waals surface area contributed by atoms with E-state index in [0.717, 1.165) is 38.7 Å². The second kappa shape index (κ2) is 9.33. The zero-order chi connectivity index (χ0) is 23.5. The lowest BCUT2D eigenvalue weighted by molar-refractivity contribution is 0.379. The Hall–Kier alpha value is -4.22. The van der Waals surface area contributed by atoms with Gasteiger partial charge >= 0.3 is 0 Å². The first-order valence-electron chi connectivity index (χ1n) is 10.6. The third-order valence-corrected chi connectivity index (χ3v) is 6.65. The number of nitrogens with zero attached hydrogens (tertiary/aromatic N) is 3. The number of hydrogen-bond acceptors (Lipinski definition) is 7. The molecular formula is C26H21N5O2S. The molecule has 0 bridgehead atoms. The molecule has 7 nitrogen and oxygen atoms in total. The van der Waals surface area contributed by atoms with Gasteiger partial charge in [0.25, 0.3) is 0 Å². The molecule has 34 heavy (non-hydrogen) atoms. The highest BCUT2D eigenvalue weighted by Gasteiger charge is 2.35. The number of rotatable bonds is 6.